The number of phosphoric acid groups is 1. The van der Waals surface area contributed by atoms with Gasteiger partial charge in [0.2, 0.25) is 0 Å². The van der Waals surface area contributed by atoms with Crippen LogP contribution in [0.4, 0.5) is 0 Å². The monoisotopic (exact) mass is 272 g/mol. The molecule has 0 aromatic rings. The molecule has 0 rings (SSSR count). The quantitative estimate of drug-likeness (QED) is 0.445. The Morgan fingerprint density at radius 1 is 0.875 bits per heavy atom. The normalized spacial score (nSPS) is 7.38. The zero-order valence-electron chi connectivity index (χ0n) is 3.08. The molecule has 0 aliphatic heterocycles. The Morgan fingerprint density at radius 3 is 0.875 bits per heavy atom. The third kappa shape index (κ3) is 126. The van der Waals surface area contributed by atoms with Gasteiger partial charge in [-0.25, -0.2) is 0 Å². The van der Waals surface area contributed by atoms with Gasteiger partial charge in [0.25, 0.3) is 0 Å². The van der Waals surface area contributed by atoms with E-state index in [2.05, 4.69) is 0 Å². The molecule has 0 saturated heterocycles. The molecule has 0 aromatic heterocycles. The standard InChI is InChI=1S/3Co.H3O4P/c;;;1-5(2,3)4/h;;;(H3,1,2,3,4)/q3*+1;/p-3. The number of rotatable bonds is 0. The van der Waals surface area contributed by atoms with Crippen molar-refractivity contribution in [2.75, 3.05) is 0 Å². The molecular formula is Co3O4P. The Bertz CT molecular complexity index is 57.4. The van der Waals surface area contributed by atoms with Crippen LogP contribution >= 0.6 is 7.82 Å². The smallest absolute Gasteiger partial charge is 0.822 e. The zero-order chi connectivity index (χ0) is 4.50. The van der Waals surface area contributed by atoms with E-state index >= 15 is 0 Å². The molecule has 0 bridgehead atoms. The van der Waals surface area contributed by atoms with Crippen LogP contribution in [0.3, 0.4) is 0 Å². The molecule has 0 amide bonds. The minimum atomic E-state index is -5.39. The van der Waals surface area contributed by atoms with Crippen LogP contribution < -0.4 is 14.7 Å². The molecule has 8 heavy (non-hydrogen) atoms. The van der Waals surface area contributed by atoms with E-state index in [1.165, 1.54) is 0 Å². The fourth-order valence-electron chi connectivity index (χ4n) is 0. The van der Waals surface area contributed by atoms with Gasteiger partial charge >= 0.3 is 50.3 Å². The summed E-state index contributed by atoms with van der Waals surface area (Å²) in [6, 6.07) is 0. The fourth-order valence-corrected chi connectivity index (χ4v) is 0. The second-order valence-corrected chi connectivity index (χ2v) is 1.34. The van der Waals surface area contributed by atoms with Crippen molar-refractivity contribution in [2.24, 2.45) is 0 Å². The van der Waals surface area contributed by atoms with Gasteiger partial charge < -0.3 is 19.2 Å². The zero-order valence-corrected chi connectivity index (χ0v) is 7.10. The number of hydrogen-bond acceptors (Lipinski definition) is 4. The largest absolute Gasteiger partial charge is 1.00 e. The molecule has 0 spiro atoms. The van der Waals surface area contributed by atoms with Gasteiger partial charge in [-0.3, -0.25) is 0 Å². The third-order valence-corrected chi connectivity index (χ3v) is 0. The van der Waals surface area contributed by atoms with Gasteiger partial charge in [-0.15, -0.1) is 0 Å². The van der Waals surface area contributed by atoms with E-state index in [-0.39, 0.29) is 50.3 Å². The van der Waals surface area contributed by atoms with E-state index in [1.54, 1.807) is 0 Å². The predicted molar refractivity (Wildman–Crippen MR) is 7.61 cm³/mol. The minimum Gasteiger partial charge on any atom is -0.822 e. The van der Waals surface area contributed by atoms with Crippen molar-refractivity contribution in [3.63, 3.8) is 0 Å². The van der Waals surface area contributed by atoms with Crippen LogP contribution in [0.5, 0.6) is 0 Å². The first-order valence-corrected chi connectivity index (χ1v) is 2.19. The molecule has 0 N–H and O–H groups in total. The van der Waals surface area contributed by atoms with Crippen molar-refractivity contribution in [2.45, 2.75) is 0 Å². The molecule has 0 aliphatic carbocycles. The number of hydrogen-bond donors (Lipinski definition) is 0. The first-order valence-electron chi connectivity index (χ1n) is 0.730. The van der Waals surface area contributed by atoms with Gasteiger partial charge in [-0.05, 0) is 0 Å². The Balaban J connectivity index is -0.0000000267. The average Bonchev–Trinajstić information content (AvgIpc) is 0.722. The second-order valence-electron chi connectivity index (χ2n) is 0.447. The molecule has 56 valence electrons. The van der Waals surface area contributed by atoms with Crippen molar-refractivity contribution < 1.29 is 69.6 Å². The van der Waals surface area contributed by atoms with Gasteiger partial charge in [0.1, 0.15) is 0 Å². The first kappa shape index (κ1) is 22.6. The van der Waals surface area contributed by atoms with Crippen LogP contribution in [0.15, 0.2) is 0 Å². The van der Waals surface area contributed by atoms with Crippen molar-refractivity contribution >= 4 is 7.82 Å². The van der Waals surface area contributed by atoms with Gasteiger partial charge in [0.05, 0.1) is 0 Å². The van der Waals surface area contributed by atoms with Gasteiger partial charge in [-0.2, -0.15) is 7.82 Å². The summed E-state index contributed by atoms with van der Waals surface area (Å²) in [6.07, 6.45) is 0. The first-order chi connectivity index (χ1) is 2.00. The molecular weight excluding hydrogens is 272 g/mol. The van der Waals surface area contributed by atoms with Gasteiger partial charge in [0, 0.05) is 0 Å². The van der Waals surface area contributed by atoms with E-state index in [9.17, 15) is 0 Å². The van der Waals surface area contributed by atoms with Crippen molar-refractivity contribution in [3.05, 3.63) is 0 Å². The molecule has 0 aliphatic rings. The second kappa shape index (κ2) is 8.63. The molecule has 8 heteroatoms. The average molecular weight is 272 g/mol. The van der Waals surface area contributed by atoms with E-state index in [4.69, 9.17) is 19.2 Å². The molecule has 0 fully saturated rings. The fraction of sp³-hybridized carbons (Fsp3) is 0. The van der Waals surface area contributed by atoms with Crippen molar-refractivity contribution in [1.82, 2.24) is 0 Å². The Labute approximate surface area is 77.3 Å². The molecule has 4 nitrogen and oxygen atoms in total. The third-order valence-electron chi connectivity index (χ3n) is 0. The Kier molecular flexibility index (Phi) is 24.4. The van der Waals surface area contributed by atoms with Crippen LogP contribution in [0.2, 0.25) is 0 Å². The maximum absolute atomic E-state index is 8.55. The molecule has 0 saturated carbocycles. The topological polar surface area (TPSA) is 86.2 Å². The summed E-state index contributed by atoms with van der Waals surface area (Å²) in [5.74, 6) is 0. The van der Waals surface area contributed by atoms with Crippen LogP contribution in [-0.4, -0.2) is 0 Å². The Morgan fingerprint density at radius 2 is 0.875 bits per heavy atom. The molecule has 0 atom stereocenters. The summed E-state index contributed by atoms with van der Waals surface area (Å²) in [4.78, 5) is 25.6. The van der Waals surface area contributed by atoms with E-state index < -0.39 is 7.82 Å². The van der Waals surface area contributed by atoms with Crippen LogP contribution in [-0.2, 0) is 54.9 Å². The van der Waals surface area contributed by atoms with E-state index in [0.717, 1.165) is 0 Å². The maximum Gasteiger partial charge on any atom is 1.00 e. The van der Waals surface area contributed by atoms with Crippen LogP contribution in [0.25, 0.3) is 0 Å². The van der Waals surface area contributed by atoms with Crippen LogP contribution in [0.1, 0.15) is 0 Å². The van der Waals surface area contributed by atoms with E-state index in [0.29, 0.717) is 0 Å². The molecule has 0 radical (unpaired) electrons. The summed E-state index contributed by atoms with van der Waals surface area (Å²) in [5.41, 5.74) is 0. The minimum absolute atomic E-state index is 0. The summed E-state index contributed by atoms with van der Waals surface area (Å²) < 4.78 is 8.55. The van der Waals surface area contributed by atoms with Gasteiger partial charge in [0.15, 0.2) is 0 Å². The Hall–Kier alpha value is 1.63. The van der Waals surface area contributed by atoms with E-state index in [1.807, 2.05) is 0 Å². The summed E-state index contributed by atoms with van der Waals surface area (Å²) in [6.45, 7) is 0. The van der Waals surface area contributed by atoms with Crippen molar-refractivity contribution in [1.29, 1.82) is 0 Å². The maximum atomic E-state index is 8.55. The summed E-state index contributed by atoms with van der Waals surface area (Å²) >= 11 is 0. The SMILES string of the molecule is O=P([O-])([O-])[O-].[Co+].[Co+].[Co+]. The molecule has 0 heterocycles. The van der Waals surface area contributed by atoms with Crippen molar-refractivity contribution in [3.8, 4) is 0 Å². The van der Waals surface area contributed by atoms with Gasteiger partial charge in [-0.1, -0.05) is 0 Å². The summed E-state index contributed by atoms with van der Waals surface area (Å²) in [7, 11) is -5.39. The van der Waals surface area contributed by atoms with Crippen LogP contribution in [0, 0.1) is 0 Å². The molecule has 0 aromatic carbocycles. The predicted octanol–water partition coefficient (Wildman–Crippen LogP) is -2.83. The summed E-state index contributed by atoms with van der Waals surface area (Å²) in [5, 5.41) is 0. The molecule has 0 unspecified atom stereocenters.